The van der Waals surface area contributed by atoms with E-state index in [0.717, 1.165) is 10.2 Å². The van der Waals surface area contributed by atoms with Crippen LogP contribution in [0.1, 0.15) is 37.8 Å². The molecule has 0 bridgehead atoms. The van der Waals surface area contributed by atoms with E-state index in [1.165, 1.54) is 41.2 Å². The fourth-order valence-corrected chi connectivity index (χ4v) is 3.91. The van der Waals surface area contributed by atoms with Gasteiger partial charge in [-0.1, -0.05) is 44.7 Å². The molecule has 0 aliphatic heterocycles. The van der Waals surface area contributed by atoms with Gasteiger partial charge in [0.1, 0.15) is 12.4 Å². The summed E-state index contributed by atoms with van der Waals surface area (Å²) in [6.45, 7) is 8.97. The summed E-state index contributed by atoms with van der Waals surface area (Å²) in [6.07, 6.45) is 5.48. The minimum absolute atomic E-state index is 0.275. The Balaban J connectivity index is 2.24. The van der Waals surface area contributed by atoms with Crippen molar-refractivity contribution in [2.24, 2.45) is 0 Å². The fourth-order valence-electron chi connectivity index (χ4n) is 3.45. The molecule has 110 valence electrons. The molecule has 1 aliphatic rings. The number of rotatable bonds is 3. The Bertz CT molecular complexity index is 700. The topological polar surface area (TPSA) is 9.23 Å². The normalized spacial score (nSPS) is 16.5. The second-order valence-corrected chi connectivity index (χ2v) is 7.25. The summed E-state index contributed by atoms with van der Waals surface area (Å²) in [5, 5.41) is 2.53. The van der Waals surface area contributed by atoms with E-state index >= 15 is 0 Å². The molecule has 0 saturated heterocycles. The molecule has 0 aromatic heterocycles. The van der Waals surface area contributed by atoms with Gasteiger partial charge in [-0.25, -0.2) is 0 Å². The van der Waals surface area contributed by atoms with Crippen molar-refractivity contribution in [1.82, 2.24) is 0 Å². The maximum Gasteiger partial charge on any atom is 0.141 e. The average Bonchev–Trinajstić information content (AvgIpc) is 2.45. The highest BCUT2D eigenvalue weighted by Crippen LogP contribution is 2.43. The molecule has 1 nitrogen and oxygen atoms in total. The Hall–Kier alpha value is -1.28. The van der Waals surface area contributed by atoms with Crippen LogP contribution in [0, 0.1) is 0 Å². The Kier molecular flexibility index (Phi) is 3.83. The highest BCUT2D eigenvalue weighted by atomic mass is 79.9. The third-order valence-electron chi connectivity index (χ3n) is 4.52. The maximum absolute atomic E-state index is 5.88. The van der Waals surface area contributed by atoms with Gasteiger partial charge in [-0.05, 0) is 63.2 Å². The van der Waals surface area contributed by atoms with E-state index in [0.29, 0.717) is 6.61 Å². The molecule has 1 aliphatic carbocycles. The van der Waals surface area contributed by atoms with Crippen molar-refractivity contribution in [2.45, 2.75) is 38.5 Å². The molecule has 0 fully saturated rings. The van der Waals surface area contributed by atoms with Crippen LogP contribution in [0.2, 0.25) is 0 Å². The van der Waals surface area contributed by atoms with Gasteiger partial charge in [0.25, 0.3) is 0 Å². The van der Waals surface area contributed by atoms with Gasteiger partial charge in [0.15, 0.2) is 0 Å². The molecule has 0 unspecified atom stereocenters. The van der Waals surface area contributed by atoms with Gasteiger partial charge in [0.2, 0.25) is 0 Å². The van der Waals surface area contributed by atoms with Crippen LogP contribution in [-0.2, 0) is 11.8 Å². The van der Waals surface area contributed by atoms with Crippen LogP contribution in [0.25, 0.3) is 10.8 Å². The summed E-state index contributed by atoms with van der Waals surface area (Å²) in [7, 11) is 0. The van der Waals surface area contributed by atoms with Crippen LogP contribution in [0.3, 0.4) is 0 Å². The van der Waals surface area contributed by atoms with E-state index in [1.807, 2.05) is 0 Å². The second kappa shape index (κ2) is 5.49. The molecule has 21 heavy (non-hydrogen) atoms. The molecule has 3 rings (SSSR count). The summed E-state index contributed by atoms with van der Waals surface area (Å²) < 4.78 is 6.88. The summed E-state index contributed by atoms with van der Waals surface area (Å²) >= 11 is 3.61. The molecule has 0 heterocycles. The van der Waals surface area contributed by atoms with Crippen LogP contribution >= 0.6 is 15.9 Å². The zero-order chi connectivity index (χ0) is 15.0. The Labute approximate surface area is 135 Å². The van der Waals surface area contributed by atoms with Crippen molar-refractivity contribution in [1.29, 1.82) is 0 Å². The average molecular weight is 345 g/mol. The molecular formula is C19H21BrO. The molecule has 0 atom stereocenters. The lowest BCUT2D eigenvalue weighted by atomic mass is 9.71. The van der Waals surface area contributed by atoms with E-state index in [1.54, 1.807) is 6.08 Å². The van der Waals surface area contributed by atoms with Gasteiger partial charge < -0.3 is 4.74 Å². The van der Waals surface area contributed by atoms with Gasteiger partial charge in [-0.2, -0.15) is 0 Å². The van der Waals surface area contributed by atoms with Crippen LogP contribution in [-0.4, -0.2) is 6.61 Å². The van der Waals surface area contributed by atoms with Crippen LogP contribution in [0.5, 0.6) is 5.75 Å². The SMILES string of the molecule is C=CCOc1c(Br)ccc2c3c(ccc12)C(C)(C)CCC3. The molecule has 0 N–H and O–H groups in total. The smallest absolute Gasteiger partial charge is 0.141 e. The lowest BCUT2D eigenvalue weighted by Crippen LogP contribution is -2.23. The molecule has 0 saturated carbocycles. The van der Waals surface area contributed by atoms with Gasteiger partial charge in [-0.15, -0.1) is 0 Å². The molecule has 0 radical (unpaired) electrons. The number of fused-ring (bicyclic) bond motifs is 3. The zero-order valence-electron chi connectivity index (χ0n) is 12.7. The lowest BCUT2D eigenvalue weighted by molar-refractivity contribution is 0.365. The quantitative estimate of drug-likeness (QED) is 0.641. The third kappa shape index (κ3) is 2.50. The number of benzene rings is 2. The Morgan fingerprint density at radius 2 is 2.00 bits per heavy atom. The van der Waals surface area contributed by atoms with Crippen LogP contribution in [0.15, 0.2) is 41.4 Å². The number of hydrogen-bond donors (Lipinski definition) is 0. The first-order chi connectivity index (χ1) is 10.0. The maximum atomic E-state index is 5.88. The first-order valence-corrected chi connectivity index (χ1v) is 8.32. The van der Waals surface area contributed by atoms with Gasteiger partial charge in [-0.3, -0.25) is 0 Å². The zero-order valence-corrected chi connectivity index (χ0v) is 14.3. The van der Waals surface area contributed by atoms with E-state index in [4.69, 9.17) is 4.74 Å². The van der Waals surface area contributed by atoms with E-state index in [-0.39, 0.29) is 5.41 Å². The number of hydrogen-bond acceptors (Lipinski definition) is 1. The van der Waals surface area contributed by atoms with E-state index < -0.39 is 0 Å². The van der Waals surface area contributed by atoms with Gasteiger partial charge >= 0.3 is 0 Å². The van der Waals surface area contributed by atoms with Crippen molar-refractivity contribution in [3.8, 4) is 5.75 Å². The first-order valence-electron chi connectivity index (χ1n) is 7.53. The largest absolute Gasteiger partial charge is 0.488 e. The Morgan fingerprint density at radius 1 is 1.24 bits per heavy atom. The van der Waals surface area contributed by atoms with Gasteiger partial charge in [0.05, 0.1) is 4.47 Å². The first kappa shape index (κ1) is 14.6. The predicted molar refractivity (Wildman–Crippen MR) is 93.3 cm³/mol. The standard InChI is InChI=1S/C19H21BrO/c1-4-12-21-18-15-7-9-16-14(6-5-11-19(16,2)3)13(15)8-10-17(18)20/h4,7-10H,1,5-6,11-12H2,2-3H3. The molecule has 0 spiro atoms. The molecule has 2 aromatic carbocycles. The molecule has 2 heteroatoms. The van der Waals surface area contributed by atoms with E-state index in [2.05, 4.69) is 60.6 Å². The van der Waals surface area contributed by atoms with Gasteiger partial charge in [0, 0.05) is 5.39 Å². The lowest BCUT2D eigenvalue weighted by Gasteiger charge is -2.33. The van der Waals surface area contributed by atoms with Crippen LogP contribution < -0.4 is 4.74 Å². The summed E-state index contributed by atoms with van der Waals surface area (Å²) in [6, 6.07) is 8.83. The fraction of sp³-hybridized carbons (Fsp3) is 0.368. The highest BCUT2D eigenvalue weighted by Gasteiger charge is 2.28. The monoisotopic (exact) mass is 344 g/mol. The minimum atomic E-state index is 0.275. The van der Waals surface area contributed by atoms with Crippen molar-refractivity contribution < 1.29 is 4.74 Å². The van der Waals surface area contributed by atoms with Crippen molar-refractivity contribution >= 4 is 26.7 Å². The number of ether oxygens (including phenoxy) is 1. The number of halogens is 1. The van der Waals surface area contributed by atoms with Crippen molar-refractivity contribution in [3.05, 3.63) is 52.5 Å². The van der Waals surface area contributed by atoms with E-state index in [9.17, 15) is 0 Å². The van der Waals surface area contributed by atoms with Crippen LogP contribution in [0.4, 0.5) is 0 Å². The third-order valence-corrected chi connectivity index (χ3v) is 5.14. The molecule has 2 aromatic rings. The summed E-state index contributed by atoms with van der Waals surface area (Å²) in [5.74, 6) is 0.929. The Morgan fingerprint density at radius 3 is 2.76 bits per heavy atom. The second-order valence-electron chi connectivity index (χ2n) is 6.40. The highest BCUT2D eigenvalue weighted by molar-refractivity contribution is 9.10. The molecule has 0 amide bonds. The summed E-state index contributed by atoms with van der Waals surface area (Å²) in [5.41, 5.74) is 3.27. The van der Waals surface area contributed by atoms with Crippen molar-refractivity contribution in [2.75, 3.05) is 6.61 Å². The molecular weight excluding hydrogens is 324 g/mol. The number of aryl methyl sites for hydroxylation is 1. The van der Waals surface area contributed by atoms with Crippen molar-refractivity contribution in [3.63, 3.8) is 0 Å². The minimum Gasteiger partial charge on any atom is -0.488 e. The summed E-state index contributed by atoms with van der Waals surface area (Å²) in [4.78, 5) is 0. The predicted octanol–water partition coefficient (Wildman–Crippen LogP) is 5.78.